The summed E-state index contributed by atoms with van der Waals surface area (Å²) in [5.41, 5.74) is 1.96. The number of rotatable bonds is 6. The summed E-state index contributed by atoms with van der Waals surface area (Å²) in [4.78, 5) is 27.2. The number of fused-ring (bicyclic) bond motifs is 1. The van der Waals surface area contributed by atoms with Crippen LogP contribution in [0, 0.1) is 0 Å². The van der Waals surface area contributed by atoms with Gasteiger partial charge in [-0.05, 0) is 18.6 Å². The lowest BCUT2D eigenvalue weighted by Crippen LogP contribution is -2.28. The molecule has 0 atom stereocenters. The highest BCUT2D eigenvalue weighted by molar-refractivity contribution is 5.94. The van der Waals surface area contributed by atoms with Crippen LogP contribution in [0.2, 0.25) is 0 Å². The lowest BCUT2D eigenvalue weighted by Gasteiger charge is -2.05. The first kappa shape index (κ1) is 14.0. The van der Waals surface area contributed by atoms with Crippen molar-refractivity contribution in [2.45, 2.75) is 26.2 Å². The third kappa shape index (κ3) is 2.96. The quantitative estimate of drug-likeness (QED) is 0.836. The third-order valence-electron chi connectivity index (χ3n) is 2.93. The summed E-state index contributed by atoms with van der Waals surface area (Å²) in [5, 5.41) is 11.2. The van der Waals surface area contributed by atoms with Crippen molar-refractivity contribution < 1.29 is 14.7 Å². The van der Waals surface area contributed by atoms with Crippen molar-refractivity contribution in [3.05, 3.63) is 35.8 Å². The largest absolute Gasteiger partial charge is 0.481 e. The van der Waals surface area contributed by atoms with E-state index in [0.29, 0.717) is 12.1 Å². The van der Waals surface area contributed by atoms with Gasteiger partial charge in [0.2, 0.25) is 0 Å². The molecule has 20 heavy (non-hydrogen) atoms. The van der Waals surface area contributed by atoms with Crippen LogP contribution in [0.4, 0.5) is 0 Å². The summed E-state index contributed by atoms with van der Waals surface area (Å²) >= 11 is 0. The van der Waals surface area contributed by atoms with E-state index < -0.39 is 5.97 Å². The maximum absolute atomic E-state index is 12.2. The van der Waals surface area contributed by atoms with Crippen LogP contribution in [0.1, 0.15) is 35.9 Å². The molecule has 2 rings (SSSR count). The number of carboxylic acids is 1. The predicted molar refractivity (Wildman–Crippen MR) is 73.8 cm³/mol. The van der Waals surface area contributed by atoms with E-state index in [0.717, 1.165) is 17.8 Å². The number of nitrogens with zero attached hydrogens (tertiary/aromatic N) is 2. The second-order valence-electron chi connectivity index (χ2n) is 4.49. The molecule has 0 aliphatic carbocycles. The van der Waals surface area contributed by atoms with Gasteiger partial charge in [-0.2, -0.15) is 0 Å². The summed E-state index contributed by atoms with van der Waals surface area (Å²) in [6, 6.07) is 5.54. The highest BCUT2D eigenvalue weighted by Crippen LogP contribution is 2.14. The van der Waals surface area contributed by atoms with Gasteiger partial charge in [0, 0.05) is 12.7 Å². The number of pyridine rings is 1. The fourth-order valence-electron chi connectivity index (χ4n) is 2.06. The maximum atomic E-state index is 12.2. The lowest BCUT2D eigenvalue weighted by molar-refractivity contribution is -0.136. The minimum Gasteiger partial charge on any atom is -0.481 e. The Morgan fingerprint density at radius 1 is 1.40 bits per heavy atom. The molecule has 0 aliphatic rings. The number of amides is 1. The molecule has 0 unspecified atom stereocenters. The van der Waals surface area contributed by atoms with Crippen molar-refractivity contribution in [2.24, 2.45) is 0 Å². The Bertz CT molecular complexity index is 634. The van der Waals surface area contributed by atoms with Gasteiger partial charge in [-0.3, -0.25) is 14.0 Å². The minimum absolute atomic E-state index is 0.0917. The van der Waals surface area contributed by atoms with Gasteiger partial charge >= 0.3 is 5.97 Å². The van der Waals surface area contributed by atoms with E-state index in [4.69, 9.17) is 5.11 Å². The number of imidazole rings is 1. The van der Waals surface area contributed by atoms with Crippen molar-refractivity contribution in [3.8, 4) is 0 Å². The molecule has 106 valence electrons. The van der Waals surface area contributed by atoms with E-state index in [1.807, 2.05) is 25.1 Å². The number of hydrogen-bond acceptors (Lipinski definition) is 3. The van der Waals surface area contributed by atoms with Crippen molar-refractivity contribution >= 4 is 17.5 Å². The molecule has 1 amide bonds. The van der Waals surface area contributed by atoms with Gasteiger partial charge < -0.3 is 10.4 Å². The van der Waals surface area contributed by atoms with E-state index in [1.165, 1.54) is 0 Å². The molecule has 2 heterocycles. The Morgan fingerprint density at radius 3 is 2.90 bits per heavy atom. The molecular formula is C14H17N3O3. The van der Waals surface area contributed by atoms with Gasteiger partial charge in [-0.25, -0.2) is 4.98 Å². The van der Waals surface area contributed by atoms with E-state index in [1.54, 1.807) is 10.6 Å². The molecule has 0 saturated heterocycles. The highest BCUT2D eigenvalue weighted by atomic mass is 16.4. The molecule has 2 aromatic heterocycles. The zero-order valence-corrected chi connectivity index (χ0v) is 11.3. The zero-order chi connectivity index (χ0) is 14.5. The molecule has 0 spiro atoms. The van der Waals surface area contributed by atoms with Crippen molar-refractivity contribution in [2.75, 3.05) is 6.54 Å². The number of carboxylic acid groups (broad SMARTS) is 1. The van der Waals surface area contributed by atoms with Crippen molar-refractivity contribution in [1.29, 1.82) is 0 Å². The Kier molecular flexibility index (Phi) is 4.34. The smallest absolute Gasteiger partial charge is 0.305 e. The number of aromatic nitrogens is 2. The molecule has 0 saturated carbocycles. The monoisotopic (exact) mass is 275 g/mol. The van der Waals surface area contributed by atoms with E-state index in [-0.39, 0.29) is 18.9 Å². The van der Waals surface area contributed by atoms with Crippen molar-refractivity contribution in [3.63, 3.8) is 0 Å². The van der Waals surface area contributed by atoms with E-state index in [2.05, 4.69) is 10.3 Å². The normalized spacial score (nSPS) is 10.7. The molecule has 0 aromatic carbocycles. The number of carbonyl (C=O) groups excluding carboxylic acids is 1. The first-order chi connectivity index (χ1) is 9.63. The summed E-state index contributed by atoms with van der Waals surface area (Å²) in [6.07, 6.45) is 3.29. The van der Waals surface area contributed by atoms with Gasteiger partial charge in [-0.15, -0.1) is 0 Å². The molecule has 6 nitrogen and oxygen atoms in total. The van der Waals surface area contributed by atoms with Crippen LogP contribution < -0.4 is 5.32 Å². The summed E-state index contributed by atoms with van der Waals surface area (Å²) in [5.74, 6) is -1.22. The first-order valence-electron chi connectivity index (χ1n) is 6.59. The second-order valence-corrected chi connectivity index (χ2v) is 4.49. The van der Waals surface area contributed by atoms with Crippen LogP contribution in [0.15, 0.2) is 24.4 Å². The average molecular weight is 275 g/mol. The summed E-state index contributed by atoms with van der Waals surface area (Å²) < 4.78 is 1.74. The molecule has 0 bridgehead atoms. The average Bonchev–Trinajstić information content (AvgIpc) is 2.76. The highest BCUT2D eigenvalue weighted by Gasteiger charge is 2.18. The number of nitrogens with one attached hydrogen (secondary N) is 1. The fourth-order valence-corrected chi connectivity index (χ4v) is 2.06. The SMILES string of the molecule is CCCc1nc2ccccn2c1C(=O)NCCC(=O)O. The Morgan fingerprint density at radius 2 is 2.20 bits per heavy atom. The molecular weight excluding hydrogens is 258 g/mol. The van der Waals surface area contributed by atoms with Gasteiger partial charge in [0.15, 0.2) is 0 Å². The first-order valence-corrected chi connectivity index (χ1v) is 6.59. The molecule has 0 fully saturated rings. The maximum Gasteiger partial charge on any atom is 0.305 e. The van der Waals surface area contributed by atoms with Crippen LogP contribution in [0.3, 0.4) is 0 Å². The van der Waals surface area contributed by atoms with Gasteiger partial charge in [0.25, 0.3) is 5.91 Å². The van der Waals surface area contributed by atoms with E-state index >= 15 is 0 Å². The van der Waals surface area contributed by atoms with Gasteiger partial charge in [-0.1, -0.05) is 19.4 Å². The van der Waals surface area contributed by atoms with Crippen LogP contribution in [-0.4, -0.2) is 32.9 Å². The topological polar surface area (TPSA) is 83.7 Å². The molecule has 2 aromatic rings. The Hall–Kier alpha value is -2.37. The van der Waals surface area contributed by atoms with Crippen LogP contribution in [0.5, 0.6) is 0 Å². The van der Waals surface area contributed by atoms with Crippen molar-refractivity contribution in [1.82, 2.24) is 14.7 Å². The molecule has 6 heteroatoms. The molecule has 0 aliphatic heterocycles. The Balaban J connectivity index is 2.28. The molecule has 2 N–H and O–H groups in total. The fraction of sp³-hybridized carbons (Fsp3) is 0.357. The zero-order valence-electron chi connectivity index (χ0n) is 11.3. The predicted octanol–water partition coefficient (Wildman–Crippen LogP) is 1.49. The minimum atomic E-state index is -0.933. The van der Waals surface area contributed by atoms with Gasteiger partial charge in [0.1, 0.15) is 11.3 Å². The number of carbonyl (C=O) groups is 2. The summed E-state index contributed by atoms with van der Waals surface area (Å²) in [7, 11) is 0. The standard InChI is InChI=1S/C14H17N3O3/c1-2-5-10-13(14(20)15-8-7-12(18)19)17-9-4-3-6-11(17)16-10/h3-4,6,9H,2,5,7-8H2,1H3,(H,15,20)(H,18,19). The van der Waals surface area contributed by atoms with Gasteiger partial charge in [0.05, 0.1) is 12.1 Å². The van der Waals surface area contributed by atoms with Crippen LogP contribution in [-0.2, 0) is 11.2 Å². The number of aliphatic carboxylic acids is 1. The number of aryl methyl sites for hydroxylation is 1. The van der Waals surface area contributed by atoms with E-state index in [9.17, 15) is 9.59 Å². The second kappa shape index (κ2) is 6.18. The molecule has 0 radical (unpaired) electrons. The number of hydrogen-bond donors (Lipinski definition) is 2. The summed E-state index contributed by atoms with van der Waals surface area (Å²) in [6.45, 7) is 2.13. The Labute approximate surface area is 116 Å². The lowest BCUT2D eigenvalue weighted by atomic mass is 10.2. The third-order valence-corrected chi connectivity index (χ3v) is 2.93. The van der Waals surface area contributed by atoms with Crippen LogP contribution in [0.25, 0.3) is 5.65 Å². The van der Waals surface area contributed by atoms with Crippen LogP contribution >= 0.6 is 0 Å².